The van der Waals surface area contributed by atoms with Gasteiger partial charge in [0, 0.05) is 39.0 Å². The Hall–Kier alpha value is -2.82. The Morgan fingerprint density at radius 3 is 2.53 bits per heavy atom. The van der Waals surface area contributed by atoms with Crippen molar-refractivity contribution in [2.45, 2.75) is 149 Å². The highest BCUT2D eigenvalue weighted by atomic mass is 16.7. The monoisotopic (exact) mass is 712 g/mol. The maximum absolute atomic E-state index is 12.2. The Kier molecular flexibility index (Phi) is 15.5. The van der Waals surface area contributed by atoms with Crippen LogP contribution in [0.5, 0.6) is 0 Å². The number of carbonyl (C=O) groups excluding carboxylic acids is 4. The van der Waals surface area contributed by atoms with Crippen LogP contribution >= 0.6 is 0 Å². The van der Waals surface area contributed by atoms with Gasteiger partial charge in [-0.2, -0.15) is 0 Å². The number of aliphatic hydroxyl groups is 1. The summed E-state index contributed by atoms with van der Waals surface area (Å²) >= 11 is 0. The molecule has 1 saturated heterocycles. The minimum Gasteiger partial charge on any atom is -0.390 e. The molecule has 1 heterocycles. The largest absolute Gasteiger partial charge is 0.390 e. The fraction of sp³-hybridized carbons (Fsp3) is 0.756. The number of fused-ring (bicyclic) bond motifs is 1. The lowest BCUT2D eigenvalue weighted by atomic mass is 9.60. The van der Waals surface area contributed by atoms with E-state index in [9.17, 15) is 24.3 Å². The lowest BCUT2D eigenvalue weighted by Gasteiger charge is -2.44. The van der Waals surface area contributed by atoms with Crippen molar-refractivity contribution in [3.05, 3.63) is 35.5 Å². The van der Waals surface area contributed by atoms with Crippen molar-refractivity contribution in [2.75, 3.05) is 26.4 Å². The van der Waals surface area contributed by atoms with Crippen molar-refractivity contribution >= 4 is 23.7 Å². The second-order valence-corrected chi connectivity index (χ2v) is 16.3. The summed E-state index contributed by atoms with van der Waals surface area (Å²) in [5.74, 6) is 0.342. The van der Waals surface area contributed by atoms with Crippen molar-refractivity contribution in [1.82, 2.24) is 10.4 Å². The van der Waals surface area contributed by atoms with Gasteiger partial charge in [0.05, 0.1) is 24.7 Å². The minimum atomic E-state index is -0.657. The number of hydroxylamine groups is 2. The molecule has 3 saturated carbocycles. The SMILES string of the molecule is C=C1CC[C@H](OCCCNC(=O)CCOCCCC(=O)ON2C(=O)CCC2=O)C/C1=C/C=C1\CCC[C@]2(C)[C@@H]([C@H](C)CCCC(C)(C)O)CC[C@@H]12. The van der Waals surface area contributed by atoms with E-state index in [1.54, 1.807) is 5.57 Å². The van der Waals surface area contributed by atoms with Gasteiger partial charge in [0.1, 0.15) is 0 Å². The molecule has 4 fully saturated rings. The predicted molar refractivity (Wildman–Crippen MR) is 196 cm³/mol. The molecule has 5 atom stereocenters. The van der Waals surface area contributed by atoms with Crippen LogP contribution < -0.4 is 5.32 Å². The van der Waals surface area contributed by atoms with Crippen LogP contribution in [0.15, 0.2) is 35.5 Å². The second-order valence-electron chi connectivity index (χ2n) is 16.3. The average molecular weight is 713 g/mol. The van der Waals surface area contributed by atoms with Crippen LogP contribution in [0.1, 0.15) is 137 Å². The van der Waals surface area contributed by atoms with Gasteiger partial charge in [-0.25, -0.2) is 4.79 Å². The van der Waals surface area contributed by atoms with Crippen LogP contribution in [0.4, 0.5) is 0 Å². The Morgan fingerprint density at radius 2 is 1.78 bits per heavy atom. The molecule has 0 aromatic carbocycles. The third-order valence-corrected chi connectivity index (χ3v) is 11.7. The smallest absolute Gasteiger partial charge is 0.333 e. The van der Waals surface area contributed by atoms with Gasteiger partial charge in [-0.3, -0.25) is 14.4 Å². The van der Waals surface area contributed by atoms with E-state index in [0.717, 1.165) is 44.4 Å². The molecule has 0 unspecified atom stereocenters. The molecule has 286 valence electrons. The molecule has 4 aliphatic rings. The van der Waals surface area contributed by atoms with Crippen LogP contribution in [-0.2, 0) is 33.5 Å². The maximum atomic E-state index is 12.2. The van der Waals surface area contributed by atoms with E-state index in [-0.39, 0.29) is 50.9 Å². The van der Waals surface area contributed by atoms with Crippen molar-refractivity contribution in [3.8, 4) is 0 Å². The summed E-state index contributed by atoms with van der Waals surface area (Å²) in [6.07, 6.45) is 18.7. The van der Waals surface area contributed by atoms with Crippen molar-refractivity contribution in [2.24, 2.45) is 23.2 Å². The summed E-state index contributed by atoms with van der Waals surface area (Å²) in [6.45, 7) is 14.8. The summed E-state index contributed by atoms with van der Waals surface area (Å²) in [5.41, 5.74) is 3.94. The third-order valence-electron chi connectivity index (χ3n) is 11.7. The van der Waals surface area contributed by atoms with Crippen LogP contribution in [0, 0.1) is 23.2 Å². The van der Waals surface area contributed by atoms with Gasteiger partial charge in [-0.1, -0.05) is 56.6 Å². The summed E-state index contributed by atoms with van der Waals surface area (Å²) in [5, 5.41) is 13.6. The lowest BCUT2D eigenvalue weighted by Crippen LogP contribution is -2.36. The van der Waals surface area contributed by atoms with Gasteiger partial charge in [0.25, 0.3) is 11.8 Å². The molecule has 3 amide bonds. The highest BCUT2D eigenvalue weighted by Crippen LogP contribution is 2.60. The van der Waals surface area contributed by atoms with Crippen molar-refractivity contribution < 1.29 is 38.6 Å². The summed E-state index contributed by atoms with van der Waals surface area (Å²) < 4.78 is 11.7. The number of hydrogen-bond donors (Lipinski definition) is 2. The van der Waals surface area contributed by atoms with E-state index in [1.165, 1.54) is 49.7 Å². The van der Waals surface area contributed by atoms with E-state index in [0.29, 0.717) is 41.9 Å². The van der Waals surface area contributed by atoms with Gasteiger partial charge in [-0.05, 0) is 113 Å². The van der Waals surface area contributed by atoms with Gasteiger partial charge in [0.15, 0.2) is 0 Å². The second kappa shape index (κ2) is 19.3. The number of nitrogens with one attached hydrogen (secondary N) is 1. The van der Waals surface area contributed by atoms with E-state index < -0.39 is 23.4 Å². The van der Waals surface area contributed by atoms with Gasteiger partial charge < -0.3 is 24.7 Å². The molecule has 10 heteroatoms. The first-order chi connectivity index (χ1) is 24.3. The number of hydrogen-bond acceptors (Lipinski definition) is 8. The fourth-order valence-corrected chi connectivity index (χ4v) is 8.82. The number of allylic oxidation sites excluding steroid dienone is 4. The molecular weight excluding hydrogens is 648 g/mol. The fourth-order valence-electron chi connectivity index (χ4n) is 8.82. The molecule has 10 nitrogen and oxygen atoms in total. The molecule has 2 N–H and O–H groups in total. The van der Waals surface area contributed by atoms with Crippen LogP contribution in [0.3, 0.4) is 0 Å². The van der Waals surface area contributed by atoms with Gasteiger partial charge >= 0.3 is 5.97 Å². The van der Waals surface area contributed by atoms with E-state index in [2.05, 4.69) is 37.9 Å². The standard InChI is InChI=1S/C41H64N2O8/c1-29-13-16-33(50-26-9-24-42-36(44)21-27-49-25-8-12-39(47)51-43-37(45)19-20-38(43)46)28-32(29)15-14-31-11-7-23-41(5)34(17-18-35(31)41)30(2)10-6-22-40(3,4)48/h14-15,30,33-35,48H,1,6-13,16-28H2,2-5H3,(H,42,44)/b31-14+,32-15-/t30-,33+,34-,35+,41-/m1/s1. The third kappa shape index (κ3) is 12.4. The first kappa shape index (κ1) is 40.9. The lowest BCUT2D eigenvalue weighted by molar-refractivity contribution is -0.197. The molecule has 3 aliphatic carbocycles. The highest BCUT2D eigenvalue weighted by molar-refractivity contribution is 6.01. The van der Waals surface area contributed by atoms with E-state index >= 15 is 0 Å². The molecule has 0 aromatic heterocycles. The van der Waals surface area contributed by atoms with Gasteiger partial charge in [0.2, 0.25) is 5.91 Å². The first-order valence-corrected chi connectivity index (χ1v) is 19.6. The molecule has 51 heavy (non-hydrogen) atoms. The normalized spacial score (nSPS) is 27.7. The van der Waals surface area contributed by atoms with Crippen LogP contribution in [0.25, 0.3) is 0 Å². The summed E-state index contributed by atoms with van der Waals surface area (Å²) in [6, 6.07) is 0. The zero-order valence-corrected chi connectivity index (χ0v) is 31.8. The molecule has 0 radical (unpaired) electrons. The van der Waals surface area contributed by atoms with Crippen LogP contribution in [-0.4, -0.2) is 71.9 Å². The summed E-state index contributed by atoms with van der Waals surface area (Å²) in [4.78, 5) is 51.9. The molecule has 4 rings (SSSR count). The summed E-state index contributed by atoms with van der Waals surface area (Å²) in [7, 11) is 0. The molecule has 0 aromatic rings. The highest BCUT2D eigenvalue weighted by Gasteiger charge is 2.50. The molecule has 0 bridgehead atoms. The Balaban J connectivity index is 1.10. The number of carbonyl (C=O) groups is 4. The quantitative estimate of drug-likeness (QED) is 0.108. The van der Waals surface area contributed by atoms with Gasteiger partial charge in [-0.15, -0.1) is 5.06 Å². The van der Waals surface area contributed by atoms with E-state index in [1.807, 2.05) is 13.8 Å². The number of ether oxygens (including phenoxy) is 2. The Morgan fingerprint density at radius 1 is 1.02 bits per heavy atom. The van der Waals surface area contributed by atoms with Crippen molar-refractivity contribution in [3.63, 3.8) is 0 Å². The average Bonchev–Trinajstić information content (AvgIpc) is 3.59. The number of nitrogens with zero attached hydrogens (tertiary/aromatic N) is 1. The maximum Gasteiger partial charge on any atom is 0.333 e. The number of amides is 3. The first-order valence-electron chi connectivity index (χ1n) is 19.6. The van der Waals surface area contributed by atoms with Crippen molar-refractivity contribution in [1.29, 1.82) is 0 Å². The van der Waals surface area contributed by atoms with Crippen LogP contribution in [0.2, 0.25) is 0 Å². The predicted octanol–water partition coefficient (Wildman–Crippen LogP) is 7.06. The number of rotatable bonds is 19. The zero-order valence-electron chi connectivity index (χ0n) is 31.8. The minimum absolute atomic E-state index is 0.0138. The molecule has 0 spiro atoms. The molecule has 1 aliphatic heterocycles. The topological polar surface area (TPSA) is 131 Å². The Bertz CT molecular complexity index is 1280. The zero-order chi connectivity index (χ0) is 37.0. The molecular formula is C41H64N2O8. The Labute approximate surface area is 305 Å². The van der Waals surface area contributed by atoms with E-state index in [4.69, 9.17) is 14.3 Å². The number of imide groups is 1.